The Hall–Kier alpha value is -1.10. The summed E-state index contributed by atoms with van der Waals surface area (Å²) in [5.74, 6) is -2.33. The van der Waals surface area contributed by atoms with Gasteiger partial charge in [-0.15, -0.1) is 0 Å². The normalized spacial score (nSPS) is 20.6. The summed E-state index contributed by atoms with van der Waals surface area (Å²) in [6.07, 6.45) is 4.89. The number of carbonyl (C=O) groups excluding carboxylic acids is 1. The Kier molecular flexibility index (Phi) is 5.35. The molecule has 0 spiro atoms. The molecule has 0 aromatic rings. The number of hydrogen-bond donors (Lipinski definition) is 2. The van der Waals surface area contributed by atoms with Crippen LogP contribution in [0.1, 0.15) is 52.9 Å². The zero-order chi connectivity index (χ0) is 14.6. The molecule has 0 saturated heterocycles. The molecule has 1 aliphatic carbocycles. The van der Waals surface area contributed by atoms with E-state index in [0.29, 0.717) is 0 Å². The molecule has 5 nitrogen and oxygen atoms in total. The van der Waals surface area contributed by atoms with Gasteiger partial charge in [-0.2, -0.15) is 0 Å². The zero-order valence-corrected chi connectivity index (χ0v) is 12.0. The van der Waals surface area contributed by atoms with Gasteiger partial charge in [0.1, 0.15) is 11.6 Å². The summed E-state index contributed by atoms with van der Waals surface area (Å²) < 4.78 is 5.34. The van der Waals surface area contributed by atoms with E-state index in [1.807, 2.05) is 0 Å². The van der Waals surface area contributed by atoms with E-state index in [-0.39, 0.29) is 5.92 Å². The lowest BCUT2D eigenvalue weighted by Crippen LogP contribution is -2.48. The summed E-state index contributed by atoms with van der Waals surface area (Å²) in [6.45, 7) is 5.32. The standard InChI is InChI=1S/C14H25NO4/c1-14(2,3)19-13(18)10(11(15)12(16)17)9-7-5-4-6-8-9/h9-11H,4-8,15H2,1-3H3,(H,16,17)/t10?,11-/m1/s1. The maximum Gasteiger partial charge on any atom is 0.321 e. The van der Waals surface area contributed by atoms with Crippen molar-refractivity contribution < 1.29 is 19.4 Å². The molecular formula is C14H25NO4. The Morgan fingerprint density at radius 1 is 1.21 bits per heavy atom. The second-order valence-electron chi connectivity index (χ2n) is 6.32. The van der Waals surface area contributed by atoms with Gasteiger partial charge in [0.05, 0.1) is 5.92 Å². The fraction of sp³-hybridized carbons (Fsp3) is 0.857. The molecule has 0 radical (unpaired) electrons. The van der Waals surface area contributed by atoms with Gasteiger partial charge < -0.3 is 15.6 Å². The van der Waals surface area contributed by atoms with E-state index < -0.39 is 29.5 Å². The lowest BCUT2D eigenvalue weighted by Gasteiger charge is -2.33. The van der Waals surface area contributed by atoms with Crippen LogP contribution in [0.25, 0.3) is 0 Å². The van der Waals surface area contributed by atoms with E-state index in [0.717, 1.165) is 32.1 Å². The summed E-state index contributed by atoms with van der Waals surface area (Å²) in [5.41, 5.74) is 5.09. The lowest BCUT2D eigenvalue weighted by atomic mass is 9.76. The molecule has 1 unspecified atom stereocenters. The molecule has 0 aliphatic heterocycles. The molecule has 1 fully saturated rings. The first-order chi connectivity index (χ1) is 8.72. The van der Waals surface area contributed by atoms with Crippen molar-refractivity contribution in [1.29, 1.82) is 0 Å². The minimum Gasteiger partial charge on any atom is -0.480 e. The molecule has 0 amide bonds. The maximum absolute atomic E-state index is 12.2. The van der Waals surface area contributed by atoms with Gasteiger partial charge in [-0.25, -0.2) is 0 Å². The third kappa shape index (κ3) is 4.82. The van der Waals surface area contributed by atoms with Crippen LogP contribution in [0.2, 0.25) is 0 Å². The zero-order valence-electron chi connectivity index (χ0n) is 12.0. The van der Waals surface area contributed by atoms with Gasteiger partial charge >= 0.3 is 11.9 Å². The number of carbonyl (C=O) groups is 2. The summed E-state index contributed by atoms with van der Waals surface area (Å²) in [4.78, 5) is 23.4. The Morgan fingerprint density at radius 3 is 2.16 bits per heavy atom. The molecule has 19 heavy (non-hydrogen) atoms. The quantitative estimate of drug-likeness (QED) is 0.763. The van der Waals surface area contributed by atoms with Gasteiger partial charge in [-0.05, 0) is 39.5 Å². The monoisotopic (exact) mass is 271 g/mol. The van der Waals surface area contributed by atoms with Gasteiger partial charge in [0.2, 0.25) is 0 Å². The largest absolute Gasteiger partial charge is 0.480 e. The van der Waals surface area contributed by atoms with Crippen molar-refractivity contribution in [2.45, 2.75) is 64.5 Å². The van der Waals surface area contributed by atoms with Gasteiger partial charge in [0.15, 0.2) is 0 Å². The predicted molar refractivity (Wildman–Crippen MR) is 71.5 cm³/mol. The average molecular weight is 271 g/mol. The number of ether oxygens (including phenoxy) is 1. The predicted octanol–water partition coefficient (Wildman–Crippen LogP) is 1.94. The molecule has 5 heteroatoms. The highest BCUT2D eigenvalue weighted by Gasteiger charge is 2.40. The molecule has 1 aliphatic rings. The second-order valence-corrected chi connectivity index (χ2v) is 6.32. The van der Waals surface area contributed by atoms with Crippen LogP contribution >= 0.6 is 0 Å². The van der Waals surface area contributed by atoms with Crippen molar-refractivity contribution in [2.75, 3.05) is 0 Å². The first kappa shape index (κ1) is 16.0. The van der Waals surface area contributed by atoms with Crippen molar-refractivity contribution >= 4 is 11.9 Å². The molecule has 0 aromatic carbocycles. The van der Waals surface area contributed by atoms with Crippen molar-refractivity contribution in [2.24, 2.45) is 17.6 Å². The van der Waals surface area contributed by atoms with Crippen molar-refractivity contribution in [3.05, 3.63) is 0 Å². The fourth-order valence-electron chi connectivity index (χ4n) is 2.65. The van der Waals surface area contributed by atoms with Crippen LogP contribution in [0, 0.1) is 11.8 Å². The maximum atomic E-state index is 12.2. The van der Waals surface area contributed by atoms with Crippen LogP contribution in [-0.2, 0) is 14.3 Å². The minimum absolute atomic E-state index is 0.0229. The lowest BCUT2D eigenvalue weighted by molar-refractivity contribution is -0.167. The highest BCUT2D eigenvalue weighted by Crippen LogP contribution is 2.33. The van der Waals surface area contributed by atoms with Gasteiger partial charge in [-0.3, -0.25) is 9.59 Å². The molecule has 0 aromatic heterocycles. The van der Waals surface area contributed by atoms with Crippen LogP contribution < -0.4 is 5.73 Å². The second kappa shape index (κ2) is 6.37. The molecule has 0 heterocycles. The summed E-state index contributed by atoms with van der Waals surface area (Å²) in [5, 5.41) is 9.10. The molecule has 2 atom stereocenters. The number of carboxylic acid groups (broad SMARTS) is 1. The molecular weight excluding hydrogens is 246 g/mol. The van der Waals surface area contributed by atoms with E-state index in [1.54, 1.807) is 20.8 Å². The molecule has 3 N–H and O–H groups in total. The average Bonchev–Trinajstić information content (AvgIpc) is 2.28. The number of hydrogen-bond acceptors (Lipinski definition) is 4. The highest BCUT2D eigenvalue weighted by atomic mass is 16.6. The van der Waals surface area contributed by atoms with Crippen molar-refractivity contribution in [1.82, 2.24) is 0 Å². The number of nitrogens with two attached hydrogens (primary N) is 1. The van der Waals surface area contributed by atoms with E-state index in [4.69, 9.17) is 15.6 Å². The van der Waals surface area contributed by atoms with Crippen LogP contribution in [-0.4, -0.2) is 28.7 Å². The Morgan fingerprint density at radius 2 is 1.74 bits per heavy atom. The number of rotatable bonds is 4. The smallest absolute Gasteiger partial charge is 0.321 e. The summed E-state index contributed by atoms with van der Waals surface area (Å²) in [7, 11) is 0. The first-order valence-electron chi connectivity index (χ1n) is 6.93. The van der Waals surface area contributed by atoms with Crippen LogP contribution in [0.5, 0.6) is 0 Å². The van der Waals surface area contributed by atoms with Crippen LogP contribution in [0.4, 0.5) is 0 Å². The molecule has 110 valence electrons. The summed E-state index contributed by atoms with van der Waals surface area (Å²) in [6, 6.07) is -1.18. The Bertz CT molecular complexity index is 329. The third-order valence-corrected chi connectivity index (χ3v) is 3.51. The Labute approximate surface area is 114 Å². The van der Waals surface area contributed by atoms with Gasteiger partial charge in [0, 0.05) is 0 Å². The molecule has 1 rings (SSSR count). The number of esters is 1. The van der Waals surface area contributed by atoms with Gasteiger partial charge in [0.25, 0.3) is 0 Å². The number of carboxylic acids is 1. The third-order valence-electron chi connectivity index (χ3n) is 3.51. The highest BCUT2D eigenvalue weighted by molar-refractivity contribution is 5.83. The van der Waals surface area contributed by atoms with E-state index in [9.17, 15) is 9.59 Å². The summed E-state index contributed by atoms with van der Waals surface area (Å²) >= 11 is 0. The fourth-order valence-corrected chi connectivity index (χ4v) is 2.65. The van der Waals surface area contributed by atoms with E-state index in [2.05, 4.69) is 0 Å². The minimum atomic E-state index is -1.18. The first-order valence-corrected chi connectivity index (χ1v) is 6.93. The van der Waals surface area contributed by atoms with Crippen LogP contribution in [0.15, 0.2) is 0 Å². The molecule has 0 bridgehead atoms. The van der Waals surface area contributed by atoms with E-state index >= 15 is 0 Å². The van der Waals surface area contributed by atoms with Crippen molar-refractivity contribution in [3.63, 3.8) is 0 Å². The van der Waals surface area contributed by atoms with Gasteiger partial charge in [-0.1, -0.05) is 19.3 Å². The number of aliphatic carboxylic acids is 1. The SMILES string of the molecule is CC(C)(C)OC(=O)C(C1CCCCC1)[C@@H](N)C(=O)O. The Balaban J connectivity index is 2.84. The van der Waals surface area contributed by atoms with Crippen LogP contribution in [0.3, 0.4) is 0 Å². The molecule has 1 saturated carbocycles. The van der Waals surface area contributed by atoms with E-state index in [1.165, 1.54) is 0 Å². The topological polar surface area (TPSA) is 89.6 Å². The van der Waals surface area contributed by atoms with Crippen molar-refractivity contribution in [3.8, 4) is 0 Å².